The predicted molar refractivity (Wildman–Crippen MR) is 123 cm³/mol. The smallest absolute Gasteiger partial charge is 0.0913 e. The minimum absolute atomic E-state index is 0. The maximum absolute atomic E-state index is 6.71. The molecule has 0 amide bonds. The number of aryl methyl sites for hydroxylation is 3. The van der Waals surface area contributed by atoms with Gasteiger partial charge in [-0.15, -0.1) is 0 Å². The summed E-state index contributed by atoms with van der Waals surface area (Å²) < 4.78 is 0. The molecule has 28 heavy (non-hydrogen) atoms. The Balaban J connectivity index is 0.00000280. The van der Waals surface area contributed by atoms with Crippen LogP contribution in [0.25, 0.3) is 0 Å². The number of hydrogen-bond acceptors (Lipinski definition) is 0. The number of halogens is 1. The van der Waals surface area contributed by atoms with Gasteiger partial charge in [-0.05, 0) is 86.3 Å². The molecule has 0 heterocycles. The second kappa shape index (κ2) is 10.5. The molecule has 146 valence electrons. The van der Waals surface area contributed by atoms with Gasteiger partial charge in [0.15, 0.2) is 0 Å². The minimum atomic E-state index is -0.680. The first-order valence-corrected chi connectivity index (χ1v) is 11.1. The Labute approximate surface area is 189 Å². The van der Waals surface area contributed by atoms with Crippen molar-refractivity contribution >= 4 is 35.4 Å². The van der Waals surface area contributed by atoms with E-state index in [9.17, 15) is 0 Å². The van der Waals surface area contributed by atoms with Crippen LogP contribution < -0.4 is 15.9 Å². The van der Waals surface area contributed by atoms with Crippen molar-refractivity contribution in [2.45, 2.75) is 34.1 Å². The predicted octanol–water partition coefficient (Wildman–Crippen LogP) is 6.14. The molecule has 0 spiro atoms. The van der Waals surface area contributed by atoms with Crippen LogP contribution in [0.5, 0.6) is 0 Å². The molecule has 0 aliphatic heterocycles. The number of allylic oxidation sites excluding steroid dienone is 2. The van der Waals surface area contributed by atoms with Gasteiger partial charge >= 0.3 is 20.4 Å². The summed E-state index contributed by atoms with van der Waals surface area (Å²) in [5.41, 5.74) is 5.25. The van der Waals surface area contributed by atoms with Crippen LogP contribution in [-0.4, -0.2) is 0 Å². The fourth-order valence-corrected chi connectivity index (χ4v) is 6.74. The molecule has 0 aliphatic rings. The summed E-state index contributed by atoms with van der Waals surface area (Å²) in [4.78, 5) is 0. The summed E-state index contributed by atoms with van der Waals surface area (Å²) in [6, 6.07) is 21.8. The van der Waals surface area contributed by atoms with Gasteiger partial charge in [-0.3, -0.25) is 0 Å². The van der Waals surface area contributed by atoms with Crippen LogP contribution in [0.4, 0.5) is 0 Å². The molecule has 0 atom stereocenters. The van der Waals surface area contributed by atoms with E-state index >= 15 is 0 Å². The zero-order valence-electron chi connectivity index (χ0n) is 16.8. The van der Waals surface area contributed by atoms with E-state index < -0.39 is 7.92 Å². The molecule has 3 heteroatoms. The summed E-state index contributed by atoms with van der Waals surface area (Å²) in [5.74, 6) is 0. The Bertz CT molecular complexity index is 933. The molecule has 3 aromatic carbocycles. The van der Waals surface area contributed by atoms with Gasteiger partial charge in [0.05, 0.1) is 0 Å². The fraction of sp³-hybridized carbons (Fsp3) is 0.200. The van der Waals surface area contributed by atoms with Crippen LogP contribution in [0.1, 0.15) is 29.2 Å². The van der Waals surface area contributed by atoms with E-state index in [2.05, 4.69) is 94.4 Å². The van der Waals surface area contributed by atoms with Gasteiger partial charge in [0.25, 0.3) is 0 Å². The summed E-state index contributed by atoms with van der Waals surface area (Å²) in [6.07, 6.45) is 5.17. The zero-order valence-corrected chi connectivity index (χ0v) is 20.0. The molecule has 0 fully saturated rings. The van der Waals surface area contributed by atoms with Gasteiger partial charge in [0.1, 0.15) is 0 Å². The molecule has 0 aliphatic carbocycles. The quantitative estimate of drug-likeness (QED) is 0.225. The summed E-state index contributed by atoms with van der Waals surface area (Å²) in [6.45, 7) is 8.72. The van der Waals surface area contributed by atoms with E-state index in [4.69, 9.17) is 11.6 Å². The summed E-state index contributed by atoms with van der Waals surface area (Å²) in [5, 5.41) is 5.09. The van der Waals surface area contributed by atoms with Crippen molar-refractivity contribution in [3.63, 3.8) is 0 Å². The maximum atomic E-state index is 6.71. The molecule has 0 bridgehead atoms. The van der Waals surface area contributed by atoms with Crippen molar-refractivity contribution in [3.05, 3.63) is 100 Å². The molecule has 0 N–H and O–H groups in total. The van der Waals surface area contributed by atoms with E-state index in [1.165, 1.54) is 38.2 Å². The maximum Gasteiger partial charge on any atom is 2.00 e. The van der Waals surface area contributed by atoms with Gasteiger partial charge in [-0.1, -0.05) is 78.4 Å². The van der Waals surface area contributed by atoms with Crippen molar-refractivity contribution < 1.29 is 20.4 Å². The number of rotatable bonds is 5. The Morgan fingerprint density at radius 2 is 1.32 bits per heavy atom. The van der Waals surface area contributed by atoms with Gasteiger partial charge in [-0.25, -0.2) is 0 Å². The second-order valence-electron chi connectivity index (χ2n) is 6.87. The first-order chi connectivity index (χ1) is 13.0. The normalized spacial score (nSPS) is 11.1. The van der Waals surface area contributed by atoms with Gasteiger partial charge in [0, 0.05) is 5.02 Å². The van der Waals surface area contributed by atoms with Gasteiger partial charge in [0.2, 0.25) is 0 Å². The monoisotopic (exact) mass is 498 g/mol. The molecule has 0 saturated heterocycles. The van der Waals surface area contributed by atoms with Gasteiger partial charge < -0.3 is 0 Å². The molecule has 3 rings (SSSR count). The summed E-state index contributed by atoms with van der Waals surface area (Å²) in [7, 11) is -0.680. The van der Waals surface area contributed by atoms with Crippen LogP contribution in [0.2, 0.25) is 5.02 Å². The van der Waals surface area contributed by atoms with E-state index in [1.807, 2.05) is 6.07 Å². The van der Waals surface area contributed by atoms with Crippen molar-refractivity contribution in [2.75, 3.05) is 0 Å². The van der Waals surface area contributed by atoms with Crippen molar-refractivity contribution in [3.8, 4) is 0 Å². The van der Waals surface area contributed by atoms with Crippen LogP contribution in [0.15, 0.2) is 72.8 Å². The standard InChI is InChI=1S/C25H26ClP.Pd/c1-5-6-13-21-22(26)17-16-20(4)25(21)27(23-14-9-7-11-18(23)2)24-15-10-8-12-19(24)3;/h5-12,14-17H,13H2,1-4H3;/q;+2. The Morgan fingerprint density at radius 1 is 0.786 bits per heavy atom. The fourth-order valence-electron chi connectivity index (χ4n) is 3.47. The number of hydrogen-bond donors (Lipinski definition) is 0. The molecule has 3 aromatic rings. The first kappa shape index (κ1) is 23.1. The third-order valence-corrected chi connectivity index (χ3v) is 8.31. The van der Waals surface area contributed by atoms with Crippen molar-refractivity contribution in [2.24, 2.45) is 0 Å². The molecular weight excluding hydrogens is 473 g/mol. The molecule has 0 aromatic heterocycles. The number of benzene rings is 3. The molecule has 0 radical (unpaired) electrons. The van der Waals surface area contributed by atoms with Crippen LogP contribution in [0, 0.1) is 20.8 Å². The average Bonchev–Trinajstić information content (AvgIpc) is 2.66. The van der Waals surface area contributed by atoms with Crippen molar-refractivity contribution in [1.82, 2.24) is 0 Å². The third kappa shape index (κ3) is 4.85. The summed E-state index contributed by atoms with van der Waals surface area (Å²) >= 11 is 6.71. The molecule has 0 saturated carbocycles. The van der Waals surface area contributed by atoms with E-state index in [0.717, 1.165) is 11.4 Å². The second-order valence-corrected chi connectivity index (χ2v) is 9.36. The Kier molecular flexibility index (Phi) is 8.67. The van der Waals surface area contributed by atoms with E-state index in [-0.39, 0.29) is 20.4 Å². The van der Waals surface area contributed by atoms with Gasteiger partial charge in [-0.2, -0.15) is 0 Å². The van der Waals surface area contributed by atoms with E-state index in [1.54, 1.807) is 0 Å². The topological polar surface area (TPSA) is 0 Å². The molecular formula is C25H26ClPPd+2. The Hall–Kier alpha value is -1.22. The first-order valence-electron chi connectivity index (χ1n) is 9.35. The zero-order chi connectivity index (χ0) is 19.4. The SMILES string of the molecule is CC=CCc1c(Cl)ccc(C)c1P(c1ccccc1C)c1ccccc1C.[Pd+2]. The van der Waals surface area contributed by atoms with Crippen molar-refractivity contribution in [1.29, 1.82) is 0 Å². The van der Waals surface area contributed by atoms with Crippen LogP contribution in [-0.2, 0) is 26.8 Å². The molecule has 0 unspecified atom stereocenters. The van der Waals surface area contributed by atoms with Crippen LogP contribution in [0.3, 0.4) is 0 Å². The van der Waals surface area contributed by atoms with Crippen LogP contribution >= 0.6 is 19.5 Å². The molecule has 0 nitrogen and oxygen atoms in total. The average molecular weight is 499 g/mol. The minimum Gasteiger partial charge on any atom is -0.0913 e. The third-order valence-electron chi connectivity index (χ3n) is 4.92. The largest absolute Gasteiger partial charge is 2.00 e. The Morgan fingerprint density at radius 3 is 1.82 bits per heavy atom. The van der Waals surface area contributed by atoms with E-state index in [0.29, 0.717) is 0 Å².